The number of hydrogen-bond donors (Lipinski definition) is 4. The van der Waals surface area contributed by atoms with Gasteiger partial charge in [-0.15, -0.1) is 0 Å². The van der Waals surface area contributed by atoms with Crippen LogP contribution in [0.25, 0.3) is 0 Å². The van der Waals surface area contributed by atoms with Crippen LogP contribution in [0.15, 0.2) is 41.5 Å². The second-order valence-electron chi connectivity index (χ2n) is 13.2. The summed E-state index contributed by atoms with van der Waals surface area (Å²) < 4.78 is 5.88. The molecule has 0 radical (unpaired) electrons. The zero-order valence-electron chi connectivity index (χ0n) is 23.2. The maximum Gasteiger partial charge on any atom is 0.332 e. The van der Waals surface area contributed by atoms with Gasteiger partial charge >= 0.3 is 11.9 Å². The van der Waals surface area contributed by atoms with E-state index < -0.39 is 29.0 Å². The number of esters is 1. The van der Waals surface area contributed by atoms with Crippen molar-refractivity contribution in [2.45, 2.75) is 96.4 Å². The SMILES string of the molecule is CC(=O)O[C@H]1C[C@@]2(C)[C@H](/C1=C(\Cc1ccccc1)C(=O)O)[C@@H](N)C[C@H]1[C@@]3(C)CC[C@@H](O)[C@@H](C)[C@@H]3CC[C@@]12N. The maximum atomic E-state index is 12.8. The molecule has 0 bridgehead atoms. The zero-order chi connectivity index (χ0) is 27.6. The molecule has 0 aliphatic heterocycles. The van der Waals surface area contributed by atoms with E-state index in [9.17, 15) is 19.8 Å². The van der Waals surface area contributed by atoms with Crippen LogP contribution in [0, 0.1) is 34.5 Å². The number of aliphatic hydroxyl groups excluding tert-OH is 1. The van der Waals surface area contributed by atoms with E-state index in [1.54, 1.807) is 0 Å². The van der Waals surface area contributed by atoms with Crippen LogP contribution in [0.1, 0.15) is 71.8 Å². The first-order valence-corrected chi connectivity index (χ1v) is 14.2. The molecule has 0 saturated heterocycles. The molecule has 4 aliphatic rings. The van der Waals surface area contributed by atoms with E-state index in [0.29, 0.717) is 24.3 Å². The highest BCUT2D eigenvalue weighted by molar-refractivity contribution is 5.89. The third-order valence-electron chi connectivity index (χ3n) is 11.5. The van der Waals surface area contributed by atoms with E-state index in [-0.39, 0.29) is 47.3 Å². The lowest BCUT2D eigenvalue weighted by Crippen LogP contribution is -2.73. The molecule has 4 saturated carbocycles. The first-order valence-electron chi connectivity index (χ1n) is 14.2. The van der Waals surface area contributed by atoms with E-state index in [1.807, 2.05) is 30.3 Å². The second kappa shape index (κ2) is 9.46. The van der Waals surface area contributed by atoms with Crippen LogP contribution in [-0.4, -0.2) is 45.9 Å². The minimum Gasteiger partial charge on any atom is -0.478 e. The average molecular weight is 525 g/mol. The Balaban J connectivity index is 1.63. The molecule has 0 amide bonds. The smallest absolute Gasteiger partial charge is 0.332 e. The zero-order valence-corrected chi connectivity index (χ0v) is 23.2. The molecule has 7 nitrogen and oxygen atoms in total. The average Bonchev–Trinajstić information content (AvgIpc) is 3.15. The van der Waals surface area contributed by atoms with Crippen LogP contribution in [0.4, 0.5) is 0 Å². The second-order valence-corrected chi connectivity index (χ2v) is 13.2. The Hall–Kier alpha value is -2.22. The van der Waals surface area contributed by atoms with Gasteiger partial charge in [0.2, 0.25) is 0 Å². The summed E-state index contributed by atoms with van der Waals surface area (Å²) in [5, 5.41) is 21.1. The molecule has 10 atom stereocenters. The van der Waals surface area contributed by atoms with E-state index in [2.05, 4.69) is 20.8 Å². The van der Waals surface area contributed by atoms with Crippen LogP contribution in [-0.2, 0) is 20.7 Å². The summed E-state index contributed by atoms with van der Waals surface area (Å²) in [6.45, 7) is 8.05. The van der Waals surface area contributed by atoms with E-state index in [1.165, 1.54) is 6.92 Å². The highest BCUT2D eigenvalue weighted by Crippen LogP contribution is 2.69. The topological polar surface area (TPSA) is 136 Å². The lowest BCUT2D eigenvalue weighted by atomic mass is 9.39. The molecule has 0 aromatic heterocycles. The van der Waals surface area contributed by atoms with Crippen LogP contribution in [0.3, 0.4) is 0 Å². The fourth-order valence-corrected chi connectivity index (χ4v) is 9.67. The number of aliphatic hydroxyl groups is 1. The number of nitrogens with two attached hydrogens (primary N) is 2. The molecule has 4 aliphatic carbocycles. The molecule has 5 rings (SSSR count). The van der Waals surface area contributed by atoms with Gasteiger partial charge in [0, 0.05) is 36.4 Å². The third-order valence-corrected chi connectivity index (χ3v) is 11.5. The number of carbonyl (C=O) groups excluding carboxylic acids is 1. The van der Waals surface area contributed by atoms with Crippen molar-refractivity contribution in [1.29, 1.82) is 0 Å². The quantitative estimate of drug-likeness (QED) is 0.347. The highest BCUT2D eigenvalue weighted by atomic mass is 16.5. The van der Waals surface area contributed by atoms with Gasteiger partial charge in [0.1, 0.15) is 6.10 Å². The Bertz CT molecular complexity index is 1140. The molecule has 7 heteroatoms. The Labute approximate surface area is 226 Å². The predicted octanol–water partition coefficient (Wildman–Crippen LogP) is 3.82. The van der Waals surface area contributed by atoms with Crippen molar-refractivity contribution in [2.75, 3.05) is 0 Å². The summed E-state index contributed by atoms with van der Waals surface area (Å²) in [6.07, 6.45) is 3.83. The van der Waals surface area contributed by atoms with Gasteiger partial charge in [-0.3, -0.25) is 4.79 Å². The first kappa shape index (κ1) is 27.4. The third kappa shape index (κ3) is 3.96. The molecule has 1 aromatic carbocycles. The fraction of sp³-hybridized carbons (Fsp3) is 0.677. The van der Waals surface area contributed by atoms with Gasteiger partial charge in [-0.2, -0.15) is 0 Å². The summed E-state index contributed by atoms with van der Waals surface area (Å²) in [6, 6.07) is 9.23. The standard InChI is InChI=1S/C31H44N2O5/c1-17-21-10-13-31(33)25(29(21,3)12-11-23(17)35)15-22(32)27-26(24(38-18(2)34)16-30(27,31)4)20(28(36)37)14-19-8-6-5-7-9-19/h5-9,17,21-25,27,35H,10-16,32-33H2,1-4H3,(H,36,37)/b26-20+/t17-,21-,22-,23+,24-,25-,27-,29-,30-,31+/m0/s1. The molecular formula is C31H44N2O5. The summed E-state index contributed by atoms with van der Waals surface area (Å²) in [5.74, 6) is -1.02. The number of aliphatic carboxylic acids is 1. The van der Waals surface area contributed by atoms with Crippen molar-refractivity contribution in [3.8, 4) is 0 Å². The van der Waals surface area contributed by atoms with E-state index >= 15 is 0 Å². The summed E-state index contributed by atoms with van der Waals surface area (Å²) in [7, 11) is 0. The minimum atomic E-state index is -1.00. The number of carbonyl (C=O) groups is 2. The fourth-order valence-electron chi connectivity index (χ4n) is 9.67. The largest absolute Gasteiger partial charge is 0.478 e. The van der Waals surface area contributed by atoms with Gasteiger partial charge in [-0.25, -0.2) is 4.79 Å². The van der Waals surface area contributed by atoms with Gasteiger partial charge in [-0.1, -0.05) is 51.1 Å². The number of hydrogen-bond acceptors (Lipinski definition) is 6. The van der Waals surface area contributed by atoms with Gasteiger partial charge in [0.15, 0.2) is 0 Å². The van der Waals surface area contributed by atoms with Gasteiger partial charge < -0.3 is 26.4 Å². The highest BCUT2D eigenvalue weighted by Gasteiger charge is 2.70. The summed E-state index contributed by atoms with van der Waals surface area (Å²) in [4.78, 5) is 25.1. The molecule has 0 heterocycles. The first-order chi connectivity index (χ1) is 17.8. The Morgan fingerprint density at radius 2 is 1.82 bits per heavy atom. The van der Waals surface area contributed by atoms with E-state index in [0.717, 1.165) is 31.2 Å². The van der Waals surface area contributed by atoms with Crippen molar-refractivity contribution in [2.24, 2.45) is 46.0 Å². The van der Waals surface area contributed by atoms with Crippen molar-refractivity contribution in [3.05, 3.63) is 47.0 Å². The van der Waals surface area contributed by atoms with Crippen LogP contribution < -0.4 is 11.5 Å². The van der Waals surface area contributed by atoms with E-state index in [4.69, 9.17) is 16.2 Å². The molecular weight excluding hydrogens is 480 g/mol. The van der Waals surface area contributed by atoms with Gasteiger partial charge in [0.05, 0.1) is 6.10 Å². The Kier molecular flexibility index (Phi) is 6.81. The number of ether oxygens (including phenoxy) is 1. The maximum absolute atomic E-state index is 12.8. The van der Waals surface area contributed by atoms with Crippen LogP contribution in [0.2, 0.25) is 0 Å². The number of carboxylic acid groups (broad SMARTS) is 1. The molecule has 0 unspecified atom stereocenters. The van der Waals surface area contributed by atoms with Gasteiger partial charge in [0.25, 0.3) is 0 Å². The number of carboxylic acids is 1. The molecule has 38 heavy (non-hydrogen) atoms. The lowest BCUT2D eigenvalue weighted by Gasteiger charge is -2.68. The summed E-state index contributed by atoms with van der Waals surface area (Å²) >= 11 is 0. The lowest BCUT2D eigenvalue weighted by molar-refractivity contribution is -0.168. The number of fused-ring (bicyclic) bond motifs is 5. The summed E-state index contributed by atoms with van der Waals surface area (Å²) in [5.41, 5.74) is 15.3. The predicted molar refractivity (Wildman–Crippen MR) is 145 cm³/mol. The molecule has 208 valence electrons. The Morgan fingerprint density at radius 3 is 2.45 bits per heavy atom. The molecule has 6 N–H and O–H groups in total. The van der Waals surface area contributed by atoms with Crippen LogP contribution >= 0.6 is 0 Å². The Morgan fingerprint density at radius 1 is 1.13 bits per heavy atom. The monoisotopic (exact) mass is 524 g/mol. The molecule has 1 aromatic rings. The van der Waals surface area contributed by atoms with Gasteiger partial charge in [-0.05, 0) is 78.2 Å². The molecule has 4 fully saturated rings. The van der Waals surface area contributed by atoms with Crippen LogP contribution in [0.5, 0.6) is 0 Å². The normalized spacial score (nSPS) is 45.4. The minimum absolute atomic E-state index is 0.0552. The van der Waals surface area contributed by atoms with Crippen molar-refractivity contribution < 1.29 is 24.5 Å². The number of benzene rings is 1. The van der Waals surface area contributed by atoms with Crippen molar-refractivity contribution in [1.82, 2.24) is 0 Å². The van der Waals surface area contributed by atoms with Crippen molar-refractivity contribution >= 4 is 11.9 Å². The number of rotatable bonds is 4. The molecule has 0 spiro atoms. The van der Waals surface area contributed by atoms with Crippen molar-refractivity contribution in [3.63, 3.8) is 0 Å².